The number of fused-ring (bicyclic) bond motifs is 1. The molecular weight excluding hydrogens is 144 g/mol. The van der Waals surface area contributed by atoms with Gasteiger partial charge in [-0.15, -0.1) is 0 Å². The van der Waals surface area contributed by atoms with E-state index in [9.17, 15) is 0 Å². The minimum absolute atomic E-state index is 0.940. The molecule has 0 bridgehead atoms. The van der Waals surface area contributed by atoms with Crippen molar-refractivity contribution in [1.29, 1.82) is 0 Å². The molecule has 0 saturated carbocycles. The van der Waals surface area contributed by atoms with Gasteiger partial charge in [-0.2, -0.15) is 0 Å². The van der Waals surface area contributed by atoms with Crippen molar-refractivity contribution in [3.8, 4) is 0 Å². The van der Waals surface area contributed by atoms with Crippen molar-refractivity contribution in [1.82, 2.24) is 9.97 Å². The minimum Gasteiger partial charge on any atom is -0.241 e. The van der Waals surface area contributed by atoms with E-state index in [-0.39, 0.29) is 0 Å². The van der Waals surface area contributed by atoms with Gasteiger partial charge in [0.2, 0.25) is 0 Å². The highest BCUT2D eigenvalue weighted by Gasteiger charge is 1.95. The molecule has 2 rings (SSSR count). The second-order valence-electron chi connectivity index (χ2n) is 2.08. The fourth-order valence-corrected chi connectivity index (χ4v) is 1.44. The van der Waals surface area contributed by atoms with Crippen LogP contribution in [0.4, 0.5) is 0 Å². The fourth-order valence-electron chi connectivity index (χ4n) is 0.801. The number of hydrogen-bond donors (Lipinski definition) is 0. The lowest BCUT2D eigenvalue weighted by molar-refractivity contribution is 1.26. The molecule has 0 spiro atoms. The van der Waals surface area contributed by atoms with Crippen molar-refractivity contribution >= 4 is 21.7 Å². The third kappa shape index (κ3) is 0.789. The van der Waals surface area contributed by atoms with Gasteiger partial charge in [-0.1, -0.05) is 11.3 Å². The Bertz CT molecular complexity index is 353. The average Bonchev–Trinajstić information content (AvgIpc) is 2.33. The van der Waals surface area contributed by atoms with Crippen LogP contribution < -0.4 is 0 Å². The second kappa shape index (κ2) is 2.02. The molecule has 0 saturated heterocycles. The van der Waals surface area contributed by atoms with Gasteiger partial charge in [0.25, 0.3) is 0 Å². The summed E-state index contributed by atoms with van der Waals surface area (Å²) in [4.78, 5) is 9.22. The first-order chi connectivity index (χ1) is 4.86. The van der Waals surface area contributed by atoms with Crippen LogP contribution in [0.5, 0.6) is 0 Å². The highest BCUT2D eigenvalue weighted by atomic mass is 32.1. The van der Waals surface area contributed by atoms with E-state index < -0.39 is 0 Å². The zero-order valence-electron chi connectivity index (χ0n) is 5.46. The summed E-state index contributed by atoms with van der Waals surface area (Å²) in [5, 5.41) is 0. The maximum Gasteiger partial charge on any atom is 0.155 e. The molecule has 2 nitrogen and oxygen atoms in total. The maximum atomic E-state index is 4.26. The van der Waals surface area contributed by atoms with Gasteiger partial charge in [0, 0.05) is 5.69 Å². The number of thiazole rings is 1. The monoisotopic (exact) mass is 149 g/mol. The van der Waals surface area contributed by atoms with Gasteiger partial charge in [-0.25, -0.2) is 9.97 Å². The zero-order chi connectivity index (χ0) is 6.97. The van der Waals surface area contributed by atoms with Crippen molar-refractivity contribution in [3.63, 3.8) is 0 Å². The van der Waals surface area contributed by atoms with E-state index in [1.165, 1.54) is 11.3 Å². The Labute approximate surface area is 62.6 Å². The summed E-state index contributed by atoms with van der Waals surface area (Å²) in [6.45, 7) is 1.97. The van der Waals surface area contributed by atoms with Gasteiger partial charge in [-0.3, -0.25) is 0 Å². The molecule has 0 aliphatic heterocycles. The van der Waals surface area contributed by atoms with E-state index in [1.807, 2.05) is 19.1 Å². The predicted octanol–water partition coefficient (Wildman–Crippen LogP) is 1.80. The van der Waals surface area contributed by atoms with E-state index in [4.69, 9.17) is 0 Å². The highest BCUT2D eigenvalue weighted by molar-refractivity contribution is 7.15. The Hall–Kier alpha value is -0.960. The number of hydrogen-bond acceptors (Lipinski definition) is 3. The van der Waals surface area contributed by atoms with E-state index in [0.717, 1.165) is 16.0 Å². The highest BCUT2D eigenvalue weighted by Crippen LogP contribution is 2.13. The van der Waals surface area contributed by atoms with E-state index in [2.05, 4.69) is 15.5 Å². The van der Waals surface area contributed by atoms with Crippen molar-refractivity contribution < 1.29 is 0 Å². The summed E-state index contributed by atoms with van der Waals surface area (Å²) in [7, 11) is 0. The van der Waals surface area contributed by atoms with Gasteiger partial charge in [0.1, 0.15) is 10.3 Å². The maximum absolute atomic E-state index is 4.26. The average molecular weight is 149 g/mol. The summed E-state index contributed by atoms with van der Waals surface area (Å²) in [5.74, 6) is 0. The van der Waals surface area contributed by atoms with Crippen LogP contribution >= 0.6 is 11.3 Å². The molecule has 0 aliphatic rings. The molecule has 1 radical (unpaired) electrons. The first kappa shape index (κ1) is 5.80. The first-order valence-electron chi connectivity index (χ1n) is 2.96. The normalized spacial score (nSPS) is 10.5. The fraction of sp³-hybridized carbons (Fsp3) is 0.143. The number of nitrogens with zero attached hydrogens (tertiary/aromatic N) is 2. The molecule has 0 atom stereocenters. The van der Waals surface area contributed by atoms with Crippen LogP contribution in [0.2, 0.25) is 0 Å². The second-order valence-corrected chi connectivity index (χ2v) is 2.86. The summed E-state index contributed by atoms with van der Waals surface area (Å²) in [6, 6.07) is 3.92. The minimum atomic E-state index is 0.940. The third-order valence-electron chi connectivity index (χ3n) is 1.29. The quantitative estimate of drug-likeness (QED) is 0.570. The summed E-state index contributed by atoms with van der Waals surface area (Å²) < 4.78 is 0. The SMILES string of the molecule is Cc1ccc2n[c]sc2n1. The number of aryl methyl sites for hydroxylation is 1. The molecular formula is C7H5N2S. The van der Waals surface area contributed by atoms with Crippen LogP contribution in [0, 0.1) is 12.4 Å². The smallest absolute Gasteiger partial charge is 0.155 e. The van der Waals surface area contributed by atoms with Gasteiger partial charge in [0.15, 0.2) is 5.51 Å². The van der Waals surface area contributed by atoms with Gasteiger partial charge >= 0.3 is 0 Å². The predicted molar refractivity (Wildman–Crippen MR) is 41.0 cm³/mol. The van der Waals surface area contributed by atoms with Gasteiger partial charge < -0.3 is 0 Å². The molecule has 0 fully saturated rings. The summed E-state index contributed by atoms with van der Waals surface area (Å²) in [6.07, 6.45) is 0. The van der Waals surface area contributed by atoms with Gasteiger partial charge in [0.05, 0.1) is 0 Å². The molecule has 49 valence electrons. The molecule has 2 heterocycles. The largest absolute Gasteiger partial charge is 0.241 e. The van der Waals surface area contributed by atoms with E-state index >= 15 is 0 Å². The number of pyridine rings is 1. The molecule has 0 N–H and O–H groups in total. The van der Waals surface area contributed by atoms with Crippen LogP contribution in [0.25, 0.3) is 10.3 Å². The molecule has 0 aromatic carbocycles. The molecule has 0 aliphatic carbocycles. The van der Waals surface area contributed by atoms with Crippen LogP contribution in [-0.4, -0.2) is 9.97 Å². The molecule has 2 aromatic rings. The summed E-state index contributed by atoms with van der Waals surface area (Å²) in [5.41, 5.74) is 4.77. The van der Waals surface area contributed by atoms with Gasteiger partial charge in [-0.05, 0) is 19.1 Å². The molecule has 2 aromatic heterocycles. The van der Waals surface area contributed by atoms with Crippen molar-refractivity contribution in [2.45, 2.75) is 6.92 Å². The molecule has 10 heavy (non-hydrogen) atoms. The number of rotatable bonds is 0. The standard InChI is InChI=1S/C7H5N2S/c1-5-2-3-6-7(9-5)10-4-8-6/h2-3H,1H3. The Balaban J connectivity index is 2.86. The topological polar surface area (TPSA) is 25.8 Å². The van der Waals surface area contributed by atoms with Crippen molar-refractivity contribution in [2.24, 2.45) is 0 Å². The Morgan fingerprint density at radius 1 is 1.50 bits per heavy atom. The Morgan fingerprint density at radius 3 is 3.30 bits per heavy atom. The zero-order valence-corrected chi connectivity index (χ0v) is 6.27. The lowest BCUT2D eigenvalue weighted by atomic mass is 10.4. The Kier molecular flexibility index (Phi) is 1.17. The van der Waals surface area contributed by atoms with Crippen LogP contribution in [0.1, 0.15) is 5.69 Å². The number of aromatic nitrogens is 2. The van der Waals surface area contributed by atoms with E-state index in [0.29, 0.717) is 0 Å². The van der Waals surface area contributed by atoms with E-state index in [1.54, 1.807) is 0 Å². The lowest BCUT2D eigenvalue weighted by Gasteiger charge is -1.87. The van der Waals surface area contributed by atoms with Crippen molar-refractivity contribution in [3.05, 3.63) is 23.3 Å². The molecule has 0 amide bonds. The third-order valence-corrected chi connectivity index (χ3v) is 1.96. The van der Waals surface area contributed by atoms with Crippen LogP contribution in [-0.2, 0) is 0 Å². The summed E-state index contributed by atoms with van der Waals surface area (Å²) >= 11 is 1.45. The van der Waals surface area contributed by atoms with Crippen LogP contribution in [0.15, 0.2) is 12.1 Å². The van der Waals surface area contributed by atoms with Crippen LogP contribution in [0.3, 0.4) is 0 Å². The molecule has 0 unspecified atom stereocenters. The first-order valence-corrected chi connectivity index (χ1v) is 3.78. The lowest BCUT2D eigenvalue weighted by Crippen LogP contribution is -1.77. The Morgan fingerprint density at radius 2 is 2.40 bits per heavy atom. The van der Waals surface area contributed by atoms with Crippen molar-refractivity contribution in [2.75, 3.05) is 0 Å². The molecule has 3 heteroatoms.